The molecule has 0 saturated heterocycles. The smallest absolute Gasteiger partial charge is 0.255 e. The third kappa shape index (κ3) is 4.34. The van der Waals surface area contributed by atoms with Crippen LogP contribution < -0.4 is 10.1 Å². The number of hydrogen-bond donors (Lipinski definition) is 1. The standard InChI is InChI=1S/C26H20N4O2/c31-26(20-10-7-13-23(16-20)32-18-19-8-3-1-4-9-19)27-21-14-15-24-25(17-21)29-30(28-24)22-11-5-2-6-12-22/h1-17H,18H2,(H,27,31). The van der Waals surface area contributed by atoms with Crippen LogP contribution >= 0.6 is 0 Å². The van der Waals surface area contributed by atoms with Crippen LogP contribution in [-0.4, -0.2) is 20.9 Å². The van der Waals surface area contributed by atoms with E-state index in [1.165, 1.54) is 0 Å². The molecule has 32 heavy (non-hydrogen) atoms. The highest BCUT2D eigenvalue weighted by atomic mass is 16.5. The molecule has 0 radical (unpaired) electrons. The van der Waals surface area contributed by atoms with Gasteiger partial charge in [-0.2, -0.15) is 4.80 Å². The van der Waals surface area contributed by atoms with Crippen LogP contribution in [0.2, 0.25) is 0 Å². The van der Waals surface area contributed by atoms with Crippen molar-refractivity contribution in [3.8, 4) is 11.4 Å². The number of carbonyl (C=O) groups is 1. The number of nitrogens with one attached hydrogen (secondary N) is 1. The number of ether oxygens (including phenoxy) is 1. The lowest BCUT2D eigenvalue weighted by molar-refractivity contribution is 0.102. The van der Waals surface area contributed by atoms with E-state index in [1.807, 2.05) is 91.0 Å². The van der Waals surface area contributed by atoms with Crippen molar-refractivity contribution < 1.29 is 9.53 Å². The summed E-state index contributed by atoms with van der Waals surface area (Å²) >= 11 is 0. The van der Waals surface area contributed by atoms with Crippen LogP contribution in [0, 0.1) is 0 Å². The fourth-order valence-electron chi connectivity index (χ4n) is 3.34. The summed E-state index contributed by atoms with van der Waals surface area (Å²) < 4.78 is 5.83. The molecule has 4 aromatic carbocycles. The first-order valence-electron chi connectivity index (χ1n) is 10.3. The molecule has 5 aromatic rings. The number of fused-ring (bicyclic) bond motifs is 1. The first-order chi connectivity index (χ1) is 15.7. The lowest BCUT2D eigenvalue weighted by atomic mass is 10.2. The second kappa shape index (κ2) is 8.73. The summed E-state index contributed by atoms with van der Waals surface area (Å²) in [6, 6.07) is 32.2. The quantitative estimate of drug-likeness (QED) is 0.407. The van der Waals surface area contributed by atoms with Crippen molar-refractivity contribution in [3.63, 3.8) is 0 Å². The van der Waals surface area contributed by atoms with Gasteiger partial charge in [-0.1, -0.05) is 54.6 Å². The van der Waals surface area contributed by atoms with E-state index in [9.17, 15) is 4.79 Å². The molecule has 0 spiro atoms. The maximum Gasteiger partial charge on any atom is 0.255 e. The molecule has 1 N–H and O–H groups in total. The van der Waals surface area contributed by atoms with Crippen LogP contribution in [0.4, 0.5) is 5.69 Å². The molecule has 5 rings (SSSR count). The van der Waals surface area contributed by atoms with Crippen molar-refractivity contribution in [3.05, 3.63) is 114 Å². The summed E-state index contributed by atoms with van der Waals surface area (Å²) in [5, 5.41) is 11.9. The molecule has 0 atom stereocenters. The highest BCUT2D eigenvalue weighted by molar-refractivity contribution is 6.05. The van der Waals surface area contributed by atoms with Gasteiger partial charge in [0.05, 0.1) is 5.69 Å². The first kappa shape index (κ1) is 19.5. The minimum atomic E-state index is -0.218. The lowest BCUT2D eigenvalue weighted by Crippen LogP contribution is -2.12. The molecule has 0 bridgehead atoms. The highest BCUT2D eigenvalue weighted by Crippen LogP contribution is 2.20. The Labute approximate surface area is 185 Å². The minimum absolute atomic E-state index is 0.218. The summed E-state index contributed by atoms with van der Waals surface area (Å²) in [6.07, 6.45) is 0. The normalized spacial score (nSPS) is 10.8. The number of hydrogen-bond acceptors (Lipinski definition) is 4. The molecule has 0 fully saturated rings. The van der Waals surface area contributed by atoms with E-state index in [1.54, 1.807) is 16.9 Å². The molecule has 156 valence electrons. The number of anilines is 1. The zero-order chi connectivity index (χ0) is 21.8. The third-order valence-corrected chi connectivity index (χ3v) is 4.97. The number of nitrogens with zero attached hydrogens (tertiary/aromatic N) is 3. The monoisotopic (exact) mass is 420 g/mol. The van der Waals surface area contributed by atoms with Crippen LogP contribution in [0.3, 0.4) is 0 Å². The third-order valence-electron chi connectivity index (χ3n) is 4.97. The largest absolute Gasteiger partial charge is 0.489 e. The molecule has 1 amide bonds. The average Bonchev–Trinajstić information content (AvgIpc) is 3.28. The topological polar surface area (TPSA) is 69.0 Å². The minimum Gasteiger partial charge on any atom is -0.489 e. The maximum absolute atomic E-state index is 12.8. The van der Waals surface area contributed by atoms with Crippen LogP contribution in [0.15, 0.2) is 103 Å². The van der Waals surface area contributed by atoms with Crippen LogP contribution in [0.1, 0.15) is 15.9 Å². The molecule has 1 aromatic heterocycles. The van der Waals surface area contributed by atoms with E-state index >= 15 is 0 Å². The second-order valence-electron chi connectivity index (χ2n) is 7.28. The molecular formula is C26H20N4O2. The van der Waals surface area contributed by atoms with Gasteiger partial charge in [0.1, 0.15) is 23.4 Å². The number of aromatic nitrogens is 3. The summed E-state index contributed by atoms with van der Waals surface area (Å²) in [5.74, 6) is 0.424. The number of para-hydroxylation sites is 1. The van der Waals surface area contributed by atoms with Gasteiger partial charge in [0, 0.05) is 11.3 Å². The van der Waals surface area contributed by atoms with Gasteiger partial charge in [-0.15, -0.1) is 10.2 Å². The SMILES string of the molecule is O=C(Nc1ccc2nn(-c3ccccc3)nc2c1)c1cccc(OCc2ccccc2)c1. The predicted molar refractivity (Wildman–Crippen MR) is 124 cm³/mol. The molecule has 0 aliphatic heterocycles. The van der Waals surface area contributed by atoms with Gasteiger partial charge in [0.15, 0.2) is 0 Å². The zero-order valence-corrected chi connectivity index (χ0v) is 17.2. The molecule has 6 nitrogen and oxygen atoms in total. The zero-order valence-electron chi connectivity index (χ0n) is 17.2. The second-order valence-corrected chi connectivity index (χ2v) is 7.28. The number of rotatable bonds is 6. The van der Waals surface area contributed by atoms with Gasteiger partial charge in [0.25, 0.3) is 5.91 Å². The Morgan fingerprint density at radius 2 is 1.53 bits per heavy atom. The Balaban J connectivity index is 1.30. The summed E-state index contributed by atoms with van der Waals surface area (Å²) in [6.45, 7) is 0.444. The highest BCUT2D eigenvalue weighted by Gasteiger charge is 2.10. The van der Waals surface area contributed by atoms with Crippen molar-refractivity contribution in [1.82, 2.24) is 15.0 Å². The summed E-state index contributed by atoms with van der Waals surface area (Å²) in [4.78, 5) is 14.4. The maximum atomic E-state index is 12.8. The van der Waals surface area contributed by atoms with E-state index in [2.05, 4.69) is 15.5 Å². The molecule has 0 aliphatic rings. The van der Waals surface area contributed by atoms with E-state index in [0.717, 1.165) is 16.8 Å². The van der Waals surface area contributed by atoms with Gasteiger partial charge in [0.2, 0.25) is 0 Å². The van der Waals surface area contributed by atoms with Crippen molar-refractivity contribution in [2.75, 3.05) is 5.32 Å². The van der Waals surface area contributed by atoms with E-state index in [4.69, 9.17) is 4.74 Å². The average molecular weight is 420 g/mol. The van der Waals surface area contributed by atoms with Crippen molar-refractivity contribution in [2.24, 2.45) is 0 Å². The van der Waals surface area contributed by atoms with Gasteiger partial charge in [-0.05, 0) is 54.1 Å². The predicted octanol–water partition coefficient (Wildman–Crippen LogP) is 5.25. The van der Waals surface area contributed by atoms with Gasteiger partial charge in [-0.3, -0.25) is 4.79 Å². The molecule has 0 unspecified atom stereocenters. The van der Waals surface area contributed by atoms with Crippen LogP contribution in [-0.2, 0) is 6.61 Å². The Morgan fingerprint density at radius 3 is 2.34 bits per heavy atom. The lowest BCUT2D eigenvalue weighted by Gasteiger charge is -2.09. The van der Waals surface area contributed by atoms with Gasteiger partial charge in [-0.25, -0.2) is 0 Å². The van der Waals surface area contributed by atoms with E-state index in [0.29, 0.717) is 29.1 Å². The van der Waals surface area contributed by atoms with Crippen molar-refractivity contribution in [1.29, 1.82) is 0 Å². The van der Waals surface area contributed by atoms with E-state index < -0.39 is 0 Å². The molecular weight excluding hydrogens is 400 g/mol. The molecule has 0 aliphatic carbocycles. The number of carbonyl (C=O) groups excluding carboxylic acids is 1. The Hall–Kier alpha value is -4.45. The fourth-order valence-corrected chi connectivity index (χ4v) is 3.34. The van der Waals surface area contributed by atoms with Crippen LogP contribution in [0.25, 0.3) is 16.7 Å². The van der Waals surface area contributed by atoms with Crippen LogP contribution in [0.5, 0.6) is 5.75 Å². The van der Waals surface area contributed by atoms with Crippen molar-refractivity contribution >= 4 is 22.6 Å². The molecule has 0 saturated carbocycles. The summed E-state index contributed by atoms with van der Waals surface area (Å²) in [7, 11) is 0. The van der Waals surface area contributed by atoms with Gasteiger partial charge < -0.3 is 10.1 Å². The fraction of sp³-hybridized carbons (Fsp3) is 0.0385. The number of amides is 1. The van der Waals surface area contributed by atoms with Gasteiger partial charge >= 0.3 is 0 Å². The van der Waals surface area contributed by atoms with E-state index in [-0.39, 0.29) is 5.91 Å². The Bertz CT molecular complexity index is 1360. The summed E-state index contributed by atoms with van der Waals surface area (Å²) in [5.41, 5.74) is 4.57. The molecule has 6 heteroatoms. The molecule has 1 heterocycles. The Morgan fingerprint density at radius 1 is 0.781 bits per heavy atom. The Kier molecular flexibility index (Phi) is 5.32. The first-order valence-corrected chi connectivity index (χ1v) is 10.3. The van der Waals surface area contributed by atoms with Crippen molar-refractivity contribution in [2.45, 2.75) is 6.61 Å². The number of benzene rings is 4.